The van der Waals surface area contributed by atoms with Gasteiger partial charge in [-0.2, -0.15) is 0 Å². The number of thiophene rings is 1. The first-order valence-corrected chi connectivity index (χ1v) is 20.2. The van der Waals surface area contributed by atoms with Crippen LogP contribution in [0.5, 0.6) is 0 Å². The summed E-state index contributed by atoms with van der Waals surface area (Å²) in [4.78, 5) is 2.42. The van der Waals surface area contributed by atoms with Crippen LogP contribution in [0.25, 0.3) is 96.7 Å². The average Bonchev–Trinajstić information content (AvgIpc) is 3.86. The Morgan fingerprint density at radius 1 is 0.386 bits per heavy atom. The molecule has 2 nitrogen and oxygen atoms in total. The Morgan fingerprint density at radius 2 is 1.00 bits per heavy atom. The van der Waals surface area contributed by atoms with Crippen LogP contribution in [0.4, 0.5) is 17.1 Å². The van der Waals surface area contributed by atoms with E-state index in [1.807, 2.05) is 11.3 Å². The topological polar surface area (TPSA) is 16.4 Å². The van der Waals surface area contributed by atoms with Crippen molar-refractivity contribution in [1.82, 2.24) is 0 Å². The van der Waals surface area contributed by atoms with Gasteiger partial charge in [-0.1, -0.05) is 146 Å². The summed E-state index contributed by atoms with van der Waals surface area (Å²) in [6, 6.07) is 72.7. The zero-order chi connectivity index (χ0) is 37.5. The molecule has 0 aliphatic carbocycles. The molecule has 0 aliphatic heterocycles. The van der Waals surface area contributed by atoms with Crippen molar-refractivity contribution in [3.05, 3.63) is 200 Å². The van der Waals surface area contributed by atoms with E-state index in [4.69, 9.17) is 4.42 Å². The van der Waals surface area contributed by atoms with E-state index >= 15 is 0 Å². The van der Waals surface area contributed by atoms with Crippen molar-refractivity contribution in [1.29, 1.82) is 0 Å². The van der Waals surface area contributed by atoms with Crippen LogP contribution in [-0.4, -0.2) is 0 Å². The summed E-state index contributed by atoms with van der Waals surface area (Å²) in [5, 5.41) is 12.3. The minimum Gasteiger partial charge on any atom is -0.455 e. The third kappa shape index (κ3) is 5.03. The van der Waals surface area contributed by atoms with Gasteiger partial charge >= 0.3 is 0 Å². The Morgan fingerprint density at radius 3 is 1.79 bits per heavy atom. The van der Waals surface area contributed by atoms with Crippen molar-refractivity contribution in [3.63, 3.8) is 0 Å². The van der Waals surface area contributed by atoms with Gasteiger partial charge in [0.25, 0.3) is 0 Å². The number of nitrogens with zero attached hydrogens (tertiary/aromatic N) is 1. The molecule has 3 heteroatoms. The van der Waals surface area contributed by atoms with E-state index in [1.54, 1.807) is 0 Å². The van der Waals surface area contributed by atoms with Gasteiger partial charge in [-0.3, -0.25) is 0 Å². The monoisotopic (exact) mass is 743 g/mol. The molecule has 0 spiro atoms. The molecule has 57 heavy (non-hydrogen) atoms. The van der Waals surface area contributed by atoms with Gasteiger partial charge in [-0.05, 0) is 104 Å². The second-order valence-electron chi connectivity index (χ2n) is 14.8. The fraction of sp³-hybridized carbons (Fsp3) is 0. The molecule has 2 heterocycles. The molecule has 12 rings (SSSR count). The van der Waals surface area contributed by atoms with Crippen molar-refractivity contribution >= 4 is 103 Å². The van der Waals surface area contributed by atoms with Crippen LogP contribution in [0.2, 0.25) is 0 Å². The lowest BCUT2D eigenvalue weighted by atomic mass is 9.93. The highest BCUT2D eigenvalue weighted by atomic mass is 32.1. The van der Waals surface area contributed by atoms with Crippen LogP contribution in [-0.2, 0) is 0 Å². The summed E-state index contributed by atoms with van der Waals surface area (Å²) < 4.78 is 9.12. The standard InChI is InChI=1S/C54H33NOS/c1-4-14-42-34(11-1)27-32-47-52-41(18-10-21-50(52)56-53(42)47)35-23-28-38(29-24-35)55(49-20-9-19-46-45-17-7-8-22-51(45)57-54(46)49)39-30-25-36(26-31-39)48-33-37-12-2-3-13-40(37)43-15-5-6-16-44(43)48/h1-33H. The first-order valence-electron chi connectivity index (χ1n) is 19.4. The van der Waals surface area contributed by atoms with Crippen molar-refractivity contribution < 1.29 is 4.42 Å². The van der Waals surface area contributed by atoms with Crippen molar-refractivity contribution in [2.24, 2.45) is 0 Å². The van der Waals surface area contributed by atoms with E-state index in [0.717, 1.165) is 44.3 Å². The lowest BCUT2D eigenvalue weighted by Crippen LogP contribution is -2.10. The number of furan rings is 1. The van der Waals surface area contributed by atoms with Crippen LogP contribution in [0.1, 0.15) is 0 Å². The predicted octanol–water partition coefficient (Wildman–Crippen LogP) is 16.2. The summed E-state index contributed by atoms with van der Waals surface area (Å²) in [6.45, 7) is 0. The van der Waals surface area contributed by atoms with E-state index in [9.17, 15) is 0 Å². The fourth-order valence-electron chi connectivity index (χ4n) is 9.00. The summed E-state index contributed by atoms with van der Waals surface area (Å²) >= 11 is 1.86. The largest absolute Gasteiger partial charge is 0.455 e. The molecule has 0 saturated carbocycles. The van der Waals surface area contributed by atoms with Gasteiger partial charge in [0.2, 0.25) is 0 Å². The van der Waals surface area contributed by atoms with E-state index < -0.39 is 0 Å². The summed E-state index contributed by atoms with van der Waals surface area (Å²) in [6.07, 6.45) is 0. The van der Waals surface area contributed by atoms with Crippen molar-refractivity contribution in [2.75, 3.05) is 4.90 Å². The van der Waals surface area contributed by atoms with Gasteiger partial charge in [0.05, 0.1) is 10.4 Å². The molecular weight excluding hydrogens is 711 g/mol. The normalized spacial score (nSPS) is 11.9. The highest BCUT2D eigenvalue weighted by molar-refractivity contribution is 7.26. The van der Waals surface area contributed by atoms with Crippen LogP contribution in [0, 0.1) is 0 Å². The highest BCUT2D eigenvalue weighted by Crippen LogP contribution is 2.46. The summed E-state index contributed by atoms with van der Waals surface area (Å²) in [7, 11) is 0. The van der Waals surface area contributed by atoms with Crippen molar-refractivity contribution in [3.8, 4) is 22.3 Å². The van der Waals surface area contributed by atoms with E-state index in [-0.39, 0.29) is 0 Å². The predicted molar refractivity (Wildman–Crippen MR) is 245 cm³/mol. The first kappa shape index (κ1) is 32.1. The molecule has 0 fully saturated rings. The molecule has 12 aromatic rings. The molecule has 0 atom stereocenters. The molecule has 2 aromatic heterocycles. The quantitative estimate of drug-likeness (QED) is 0.163. The maximum absolute atomic E-state index is 6.55. The Labute approximate surface area is 333 Å². The minimum atomic E-state index is 0.903. The SMILES string of the molecule is c1ccc2c(c1)cc(-c1ccc(N(c3ccc(-c4cccc5oc6c7ccccc7ccc6c45)cc3)c3cccc4c3sc3ccccc34)cc1)c1ccccc12. The van der Waals surface area contributed by atoms with Gasteiger partial charge in [0.1, 0.15) is 11.2 Å². The highest BCUT2D eigenvalue weighted by Gasteiger charge is 2.20. The second-order valence-corrected chi connectivity index (χ2v) is 15.9. The molecule has 0 unspecified atom stereocenters. The van der Waals surface area contributed by atoms with E-state index in [1.165, 1.54) is 69.5 Å². The number of benzene rings is 10. The molecule has 10 aromatic carbocycles. The maximum Gasteiger partial charge on any atom is 0.143 e. The van der Waals surface area contributed by atoms with Gasteiger partial charge in [-0.25, -0.2) is 0 Å². The second kappa shape index (κ2) is 12.7. The molecule has 0 bridgehead atoms. The Hall–Kier alpha value is -7.20. The average molecular weight is 744 g/mol. The van der Waals surface area contributed by atoms with E-state index in [0.29, 0.717) is 0 Å². The zero-order valence-corrected chi connectivity index (χ0v) is 31.6. The van der Waals surface area contributed by atoms with Crippen LogP contribution in [0.3, 0.4) is 0 Å². The lowest BCUT2D eigenvalue weighted by molar-refractivity contribution is 0.673. The molecule has 0 N–H and O–H groups in total. The molecular formula is C54H33NOS. The Kier molecular flexibility index (Phi) is 7.13. The van der Waals surface area contributed by atoms with Crippen LogP contribution < -0.4 is 4.90 Å². The lowest BCUT2D eigenvalue weighted by Gasteiger charge is -2.26. The molecule has 0 radical (unpaired) electrons. The minimum absolute atomic E-state index is 0.903. The molecule has 266 valence electrons. The third-order valence-corrected chi connectivity index (χ3v) is 12.9. The number of fused-ring (bicyclic) bond motifs is 11. The number of hydrogen-bond acceptors (Lipinski definition) is 3. The number of hydrogen-bond donors (Lipinski definition) is 0. The van der Waals surface area contributed by atoms with E-state index in [2.05, 4.69) is 205 Å². The molecule has 0 saturated heterocycles. The fourth-order valence-corrected chi connectivity index (χ4v) is 10.2. The van der Waals surface area contributed by atoms with Crippen molar-refractivity contribution in [2.45, 2.75) is 0 Å². The first-order chi connectivity index (χ1) is 28.3. The third-order valence-electron chi connectivity index (χ3n) is 11.7. The van der Waals surface area contributed by atoms with Gasteiger partial charge < -0.3 is 9.32 Å². The Balaban J connectivity index is 1.01. The van der Waals surface area contributed by atoms with Crippen LogP contribution in [0.15, 0.2) is 205 Å². The van der Waals surface area contributed by atoms with Crippen LogP contribution >= 0.6 is 11.3 Å². The Bertz CT molecular complexity index is 3520. The number of rotatable bonds is 5. The summed E-state index contributed by atoms with van der Waals surface area (Å²) in [5.74, 6) is 0. The zero-order valence-electron chi connectivity index (χ0n) is 30.8. The summed E-state index contributed by atoms with van der Waals surface area (Å²) in [5.41, 5.74) is 9.98. The van der Waals surface area contributed by atoms with Gasteiger partial charge in [0.15, 0.2) is 0 Å². The van der Waals surface area contributed by atoms with Gasteiger partial charge in [-0.15, -0.1) is 11.3 Å². The van der Waals surface area contributed by atoms with Gasteiger partial charge in [0, 0.05) is 43.0 Å². The molecule has 0 aliphatic rings. The maximum atomic E-state index is 6.55. The molecule has 0 amide bonds. The number of anilines is 3. The smallest absolute Gasteiger partial charge is 0.143 e.